The summed E-state index contributed by atoms with van der Waals surface area (Å²) in [5.41, 5.74) is 2.80. The number of hydrogen-bond donors (Lipinski definition) is 1. The standard InChI is InChI=1S/C17H23NO/c1-4-7-8-10-14(5-2)16-12-9-11-15(17(16)19)13-18-6-3/h7-13,19H,4-6H2,1-3H3/b8-7-,14-10+,18-13?. The molecule has 2 heteroatoms. The number of phenolic OH excluding ortho intramolecular Hbond substituents is 1. The van der Waals surface area contributed by atoms with Crippen LogP contribution in [0.1, 0.15) is 44.7 Å². The monoisotopic (exact) mass is 257 g/mol. The molecule has 0 saturated heterocycles. The van der Waals surface area contributed by atoms with Crippen LogP contribution in [0.3, 0.4) is 0 Å². The van der Waals surface area contributed by atoms with Gasteiger partial charge < -0.3 is 5.11 Å². The number of allylic oxidation sites excluding steroid dienone is 4. The Kier molecular flexibility index (Phi) is 6.65. The average Bonchev–Trinajstić information content (AvgIpc) is 2.43. The summed E-state index contributed by atoms with van der Waals surface area (Å²) < 4.78 is 0. The van der Waals surface area contributed by atoms with Crippen molar-refractivity contribution < 1.29 is 5.11 Å². The number of rotatable bonds is 6. The van der Waals surface area contributed by atoms with Gasteiger partial charge in [-0.3, -0.25) is 4.99 Å². The molecule has 0 saturated carbocycles. The third-order valence-electron chi connectivity index (χ3n) is 2.88. The lowest BCUT2D eigenvalue weighted by Crippen LogP contribution is -1.90. The lowest BCUT2D eigenvalue weighted by molar-refractivity contribution is 0.472. The average molecular weight is 257 g/mol. The summed E-state index contributed by atoms with van der Waals surface area (Å²) in [4.78, 5) is 4.19. The first-order chi connectivity index (χ1) is 9.24. The lowest BCUT2D eigenvalue weighted by atomic mass is 9.99. The van der Waals surface area contributed by atoms with Gasteiger partial charge in [-0.25, -0.2) is 0 Å². The topological polar surface area (TPSA) is 32.6 Å². The second-order valence-electron chi connectivity index (χ2n) is 4.25. The van der Waals surface area contributed by atoms with E-state index in [1.165, 1.54) is 0 Å². The molecule has 0 aliphatic carbocycles. The molecule has 2 nitrogen and oxygen atoms in total. The highest BCUT2D eigenvalue weighted by atomic mass is 16.3. The van der Waals surface area contributed by atoms with Crippen molar-refractivity contribution >= 4 is 11.8 Å². The third-order valence-corrected chi connectivity index (χ3v) is 2.88. The van der Waals surface area contributed by atoms with Gasteiger partial charge in [-0.05, 0) is 31.4 Å². The molecule has 0 radical (unpaired) electrons. The zero-order valence-corrected chi connectivity index (χ0v) is 12.1. The molecule has 0 atom stereocenters. The molecule has 0 unspecified atom stereocenters. The van der Waals surface area contributed by atoms with E-state index in [1.807, 2.05) is 31.2 Å². The van der Waals surface area contributed by atoms with E-state index in [1.54, 1.807) is 6.21 Å². The first kappa shape index (κ1) is 15.2. The molecule has 1 aromatic rings. The van der Waals surface area contributed by atoms with Gasteiger partial charge in [0.15, 0.2) is 0 Å². The van der Waals surface area contributed by atoms with Gasteiger partial charge >= 0.3 is 0 Å². The van der Waals surface area contributed by atoms with Crippen LogP contribution < -0.4 is 0 Å². The van der Waals surface area contributed by atoms with Crippen molar-refractivity contribution in [3.8, 4) is 5.75 Å². The number of aliphatic imine (C=N–C) groups is 1. The summed E-state index contributed by atoms with van der Waals surface area (Å²) in [6.07, 6.45) is 9.85. The van der Waals surface area contributed by atoms with E-state index in [4.69, 9.17) is 0 Å². The smallest absolute Gasteiger partial charge is 0.131 e. The van der Waals surface area contributed by atoms with Crippen molar-refractivity contribution in [1.82, 2.24) is 0 Å². The highest BCUT2D eigenvalue weighted by molar-refractivity contribution is 5.87. The van der Waals surface area contributed by atoms with E-state index in [0.29, 0.717) is 5.75 Å². The maximum absolute atomic E-state index is 10.3. The van der Waals surface area contributed by atoms with Gasteiger partial charge in [0.05, 0.1) is 0 Å². The maximum Gasteiger partial charge on any atom is 0.131 e. The van der Waals surface area contributed by atoms with Crippen molar-refractivity contribution in [3.05, 3.63) is 47.6 Å². The van der Waals surface area contributed by atoms with E-state index in [0.717, 1.165) is 36.1 Å². The van der Waals surface area contributed by atoms with Crippen LogP contribution in [0, 0.1) is 0 Å². The Balaban J connectivity index is 3.14. The van der Waals surface area contributed by atoms with Gasteiger partial charge in [-0.2, -0.15) is 0 Å². The Hall–Kier alpha value is -1.83. The zero-order valence-electron chi connectivity index (χ0n) is 12.1. The fraction of sp³-hybridized carbons (Fsp3) is 0.353. The Labute approximate surface area is 116 Å². The van der Waals surface area contributed by atoms with E-state index in [9.17, 15) is 5.11 Å². The Morgan fingerprint density at radius 1 is 1.26 bits per heavy atom. The van der Waals surface area contributed by atoms with Gasteiger partial charge in [-0.1, -0.05) is 44.2 Å². The molecule has 0 bridgehead atoms. The summed E-state index contributed by atoms with van der Waals surface area (Å²) in [5, 5.41) is 10.3. The summed E-state index contributed by atoms with van der Waals surface area (Å²) in [7, 11) is 0. The first-order valence-electron chi connectivity index (χ1n) is 6.92. The SMILES string of the molecule is CC/C=C\C=C(/CC)c1cccc(C=NCC)c1O. The van der Waals surface area contributed by atoms with Crippen LogP contribution >= 0.6 is 0 Å². The van der Waals surface area contributed by atoms with Crippen molar-refractivity contribution in [2.45, 2.75) is 33.6 Å². The second kappa shape index (κ2) is 8.30. The predicted octanol–water partition coefficient (Wildman–Crippen LogP) is 4.59. The number of aromatic hydroxyl groups is 1. The van der Waals surface area contributed by atoms with Crippen molar-refractivity contribution in [2.24, 2.45) is 4.99 Å². The Bertz CT molecular complexity index is 484. The predicted molar refractivity (Wildman–Crippen MR) is 83.9 cm³/mol. The van der Waals surface area contributed by atoms with E-state index in [2.05, 4.69) is 31.0 Å². The van der Waals surface area contributed by atoms with Crippen molar-refractivity contribution in [1.29, 1.82) is 0 Å². The van der Waals surface area contributed by atoms with Crippen LogP contribution in [0.2, 0.25) is 0 Å². The van der Waals surface area contributed by atoms with Gasteiger partial charge in [0.2, 0.25) is 0 Å². The Morgan fingerprint density at radius 2 is 2.05 bits per heavy atom. The van der Waals surface area contributed by atoms with Gasteiger partial charge in [0.25, 0.3) is 0 Å². The number of nitrogens with zero attached hydrogens (tertiary/aromatic N) is 1. The van der Waals surface area contributed by atoms with Gasteiger partial charge in [-0.15, -0.1) is 0 Å². The second-order valence-corrected chi connectivity index (χ2v) is 4.25. The molecule has 1 N–H and O–H groups in total. The number of para-hydroxylation sites is 1. The zero-order chi connectivity index (χ0) is 14.1. The molecule has 0 spiro atoms. The van der Waals surface area contributed by atoms with Crippen LogP contribution in [0.15, 0.2) is 41.4 Å². The molecule has 0 fully saturated rings. The van der Waals surface area contributed by atoms with Crippen LogP contribution in [0.25, 0.3) is 5.57 Å². The molecule has 19 heavy (non-hydrogen) atoms. The van der Waals surface area contributed by atoms with Crippen molar-refractivity contribution in [3.63, 3.8) is 0 Å². The summed E-state index contributed by atoms with van der Waals surface area (Å²) in [6, 6.07) is 5.79. The molecule has 102 valence electrons. The van der Waals surface area contributed by atoms with E-state index in [-0.39, 0.29) is 0 Å². The molecule has 0 heterocycles. The number of hydrogen-bond acceptors (Lipinski definition) is 2. The van der Waals surface area contributed by atoms with Gasteiger partial charge in [0, 0.05) is 23.9 Å². The van der Waals surface area contributed by atoms with E-state index >= 15 is 0 Å². The number of phenols is 1. The van der Waals surface area contributed by atoms with E-state index < -0.39 is 0 Å². The largest absolute Gasteiger partial charge is 0.507 e. The third kappa shape index (κ3) is 4.40. The molecule has 0 aromatic heterocycles. The molecule has 1 rings (SSSR count). The quantitative estimate of drug-likeness (QED) is 0.586. The number of benzene rings is 1. The lowest BCUT2D eigenvalue weighted by Gasteiger charge is -2.09. The summed E-state index contributed by atoms with van der Waals surface area (Å²) in [6.45, 7) is 6.90. The van der Waals surface area contributed by atoms with Crippen LogP contribution in [0.5, 0.6) is 5.75 Å². The highest BCUT2D eigenvalue weighted by Gasteiger charge is 2.08. The fourth-order valence-corrected chi connectivity index (χ4v) is 1.83. The molecule has 0 amide bonds. The molecular formula is C17H23NO. The van der Waals surface area contributed by atoms with Crippen LogP contribution in [-0.2, 0) is 0 Å². The molecule has 0 aliphatic heterocycles. The van der Waals surface area contributed by atoms with Crippen LogP contribution in [-0.4, -0.2) is 17.9 Å². The maximum atomic E-state index is 10.3. The minimum Gasteiger partial charge on any atom is -0.507 e. The molecular weight excluding hydrogens is 234 g/mol. The minimum absolute atomic E-state index is 0.317. The summed E-state index contributed by atoms with van der Waals surface area (Å²) in [5.74, 6) is 0.317. The summed E-state index contributed by atoms with van der Waals surface area (Å²) >= 11 is 0. The van der Waals surface area contributed by atoms with Crippen LogP contribution in [0.4, 0.5) is 0 Å². The van der Waals surface area contributed by atoms with Gasteiger partial charge in [0.1, 0.15) is 5.75 Å². The molecule has 1 aromatic carbocycles. The fourth-order valence-electron chi connectivity index (χ4n) is 1.83. The minimum atomic E-state index is 0.317. The Morgan fingerprint density at radius 3 is 2.68 bits per heavy atom. The first-order valence-corrected chi connectivity index (χ1v) is 6.92. The normalized spacial score (nSPS) is 12.7. The highest BCUT2D eigenvalue weighted by Crippen LogP contribution is 2.29. The molecule has 0 aliphatic rings. The van der Waals surface area contributed by atoms with Crippen molar-refractivity contribution in [2.75, 3.05) is 6.54 Å².